The van der Waals surface area contributed by atoms with Gasteiger partial charge in [-0.1, -0.05) is 132 Å². The lowest BCUT2D eigenvalue weighted by Crippen LogP contribution is -2.55. The van der Waals surface area contributed by atoms with E-state index in [-0.39, 0.29) is 43.1 Å². The molecule has 0 heterocycles. The number of carboxylic acids is 1. The van der Waals surface area contributed by atoms with Crippen molar-refractivity contribution in [2.75, 3.05) is 41.0 Å². The fourth-order valence-electron chi connectivity index (χ4n) is 5.15. The van der Waals surface area contributed by atoms with E-state index in [1.807, 2.05) is 54.7 Å². The molecule has 290 valence electrons. The number of esters is 2. The molecule has 0 aliphatic carbocycles. The van der Waals surface area contributed by atoms with Crippen LogP contribution in [0.15, 0.2) is 72.9 Å². The third kappa shape index (κ3) is 32.4. The van der Waals surface area contributed by atoms with Crippen LogP contribution in [0.25, 0.3) is 0 Å². The van der Waals surface area contributed by atoms with Crippen LogP contribution in [0.2, 0.25) is 0 Å². The van der Waals surface area contributed by atoms with Crippen molar-refractivity contribution in [3.8, 4) is 0 Å². The molecule has 0 bridgehead atoms. The van der Waals surface area contributed by atoms with Crippen LogP contribution in [0.1, 0.15) is 129 Å². The Bertz CT molecular complexity index is 1060. The first-order chi connectivity index (χ1) is 24.6. The number of rotatable bonds is 33. The van der Waals surface area contributed by atoms with Gasteiger partial charge in [-0.05, 0) is 51.4 Å². The number of aliphatic carboxylic acids is 1. The summed E-state index contributed by atoms with van der Waals surface area (Å²) in [7, 11) is 5.36. The highest BCUT2D eigenvalue weighted by Gasteiger charge is 2.25. The SMILES string of the molecule is CC/C=C/C=C/C=C/C=C/C=C/CCCC(=O)OC(COCCC(C(=O)[O-])[N+](C)(C)C)COC(=O)CCCCC/C=C/CCCCCCCCC. The molecule has 0 aromatic rings. The smallest absolute Gasteiger partial charge is 0.306 e. The standard InChI is InChI=1S/C43H71NO7/c1-6-8-10-12-14-16-18-20-22-23-25-27-29-31-33-41(45)50-38-39(37-49-36-35-40(43(47)48)44(3,4)5)51-42(46)34-32-30-28-26-24-21-19-17-15-13-11-9-7-2/h9,11,13,15,17,19,21-24,26,28,39-40H,6-8,10,12,14,16,18,20,25,27,29-38H2,1-5H3/b11-9+,15-13+,19-17+,23-22+,24-21+,28-26+. The maximum absolute atomic E-state index is 12.6. The van der Waals surface area contributed by atoms with Gasteiger partial charge >= 0.3 is 11.9 Å². The van der Waals surface area contributed by atoms with Gasteiger partial charge in [0, 0.05) is 19.3 Å². The highest BCUT2D eigenvalue weighted by atomic mass is 16.6. The zero-order valence-corrected chi connectivity index (χ0v) is 32.7. The van der Waals surface area contributed by atoms with E-state index in [4.69, 9.17) is 14.2 Å². The molecule has 2 unspecified atom stereocenters. The molecule has 0 amide bonds. The van der Waals surface area contributed by atoms with Crippen molar-refractivity contribution in [2.24, 2.45) is 0 Å². The summed E-state index contributed by atoms with van der Waals surface area (Å²) in [5.41, 5.74) is 0. The largest absolute Gasteiger partial charge is 0.544 e. The van der Waals surface area contributed by atoms with Crippen molar-refractivity contribution in [3.05, 3.63) is 72.9 Å². The van der Waals surface area contributed by atoms with Gasteiger partial charge in [-0.2, -0.15) is 0 Å². The van der Waals surface area contributed by atoms with Crippen LogP contribution in [0.4, 0.5) is 0 Å². The molecule has 2 atom stereocenters. The van der Waals surface area contributed by atoms with Gasteiger partial charge in [-0.15, -0.1) is 0 Å². The Morgan fingerprint density at radius 3 is 1.73 bits per heavy atom. The summed E-state index contributed by atoms with van der Waals surface area (Å²) in [6.07, 6.45) is 40.8. The Morgan fingerprint density at radius 1 is 0.608 bits per heavy atom. The van der Waals surface area contributed by atoms with Crippen molar-refractivity contribution >= 4 is 17.9 Å². The number of carboxylic acid groups (broad SMARTS) is 1. The first kappa shape index (κ1) is 47.8. The second kappa shape index (κ2) is 33.9. The number of allylic oxidation sites excluding steroid dienone is 12. The molecular weight excluding hydrogens is 642 g/mol. The van der Waals surface area contributed by atoms with Gasteiger partial charge < -0.3 is 28.6 Å². The van der Waals surface area contributed by atoms with Gasteiger partial charge in [0.15, 0.2) is 6.10 Å². The van der Waals surface area contributed by atoms with Gasteiger partial charge in [0.2, 0.25) is 0 Å². The Balaban J connectivity index is 4.57. The lowest BCUT2D eigenvalue weighted by Gasteiger charge is -2.34. The summed E-state index contributed by atoms with van der Waals surface area (Å²) in [6.45, 7) is 4.38. The van der Waals surface area contributed by atoms with E-state index < -0.39 is 24.1 Å². The number of nitrogens with zero attached hydrogens (tertiary/aromatic N) is 1. The van der Waals surface area contributed by atoms with E-state index in [1.54, 1.807) is 21.1 Å². The molecule has 0 radical (unpaired) electrons. The summed E-state index contributed by atoms with van der Waals surface area (Å²) in [5.74, 6) is -1.87. The van der Waals surface area contributed by atoms with Crippen LogP contribution in [0, 0.1) is 0 Å². The molecule has 0 spiro atoms. The molecule has 8 nitrogen and oxygen atoms in total. The van der Waals surface area contributed by atoms with E-state index in [1.165, 1.54) is 44.9 Å². The van der Waals surface area contributed by atoms with E-state index in [0.29, 0.717) is 19.3 Å². The van der Waals surface area contributed by atoms with Crippen LogP contribution in [0.5, 0.6) is 0 Å². The third-order valence-corrected chi connectivity index (χ3v) is 8.20. The molecule has 0 saturated heterocycles. The van der Waals surface area contributed by atoms with E-state index in [0.717, 1.165) is 38.5 Å². The third-order valence-electron chi connectivity index (χ3n) is 8.20. The highest BCUT2D eigenvalue weighted by molar-refractivity contribution is 5.70. The van der Waals surface area contributed by atoms with Crippen LogP contribution >= 0.6 is 0 Å². The summed E-state index contributed by atoms with van der Waals surface area (Å²) in [4.78, 5) is 36.6. The molecule has 0 aromatic carbocycles. The predicted molar refractivity (Wildman–Crippen MR) is 208 cm³/mol. The van der Waals surface area contributed by atoms with E-state index in [2.05, 4.69) is 32.1 Å². The number of hydrogen-bond acceptors (Lipinski definition) is 7. The number of hydrogen-bond donors (Lipinski definition) is 0. The minimum atomic E-state index is -1.14. The molecule has 0 saturated carbocycles. The van der Waals surface area contributed by atoms with Crippen molar-refractivity contribution in [3.63, 3.8) is 0 Å². The summed E-state index contributed by atoms with van der Waals surface area (Å²) < 4.78 is 17.0. The van der Waals surface area contributed by atoms with Crippen LogP contribution in [-0.4, -0.2) is 75.5 Å². The average Bonchev–Trinajstić information content (AvgIpc) is 3.08. The number of ether oxygens (including phenoxy) is 3. The lowest BCUT2D eigenvalue weighted by atomic mass is 10.1. The molecule has 8 heteroatoms. The number of unbranched alkanes of at least 4 members (excludes halogenated alkanes) is 11. The van der Waals surface area contributed by atoms with Crippen LogP contribution < -0.4 is 5.11 Å². The summed E-state index contributed by atoms with van der Waals surface area (Å²) in [5, 5.41) is 11.6. The minimum Gasteiger partial charge on any atom is -0.544 e. The molecule has 51 heavy (non-hydrogen) atoms. The minimum absolute atomic E-state index is 0.00339. The van der Waals surface area contributed by atoms with Crippen LogP contribution in [-0.2, 0) is 28.6 Å². The maximum atomic E-state index is 12.6. The number of carbonyl (C=O) groups excluding carboxylic acids is 3. The monoisotopic (exact) mass is 714 g/mol. The molecule has 0 N–H and O–H groups in total. The second-order valence-electron chi connectivity index (χ2n) is 13.9. The molecule has 0 aromatic heterocycles. The fraction of sp³-hybridized carbons (Fsp3) is 0.651. The van der Waals surface area contributed by atoms with E-state index in [9.17, 15) is 19.5 Å². The number of quaternary nitrogens is 1. The molecule has 0 rings (SSSR count). The topological polar surface area (TPSA) is 102 Å². The Morgan fingerprint density at radius 2 is 1.14 bits per heavy atom. The fourth-order valence-corrected chi connectivity index (χ4v) is 5.15. The molecular formula is C43H71NO7. The van der Waals surface area contributed by atoms with Crippen molar-refractivity contribution < 1.29 is 38.2 Å². The van der Waals surface area contributed by atoms with E-state index >= 15 is 0 Å². The van der Waals surface area contributed by atoms with Gasteiger partial charge in [0.1, 0.15) is 12.6 Å². The zero-order valence-electron chi connectivity index (χ0n) is 32.7. The van der Waals surface area contributed by atoms with Crippen LogP contribution in [0.3, 0.4) is 0 Å². The first-order valence-electron chi connectivity index (χ1n) is 19.5. The Hall–Kier alpha value is -3.23. The molecule has 0 fully saturated rings. The average molecular weight is 714 g/mol. The van der Waals surface area contributed by atoms with Gasteiger partial charge in [0.05, 0.1) is 40.3 Å². The highest BCUT2D eigenvalue weighted by Crippen LogP contribution is 2.11. The predicted octanol–water partition coefficient (Wildman–Crippen LogP) is 8.68. The normalized spacial score (nSPS) is 13.8. The maximum Gasteiger partial charge on any atom is 0.306 e. The van der Waals surface area contributed by atoms with Crippen molar-refractivity contribution in [1.29, 1.82) is 0 Å². The number of likely N-dealkylation sites (N-methyl/N-ethyl adjacent to an activating group) is 1. The van der Waals surface area contributed by atoms with Crippen molar-refractivity contribution in [2.45, 2.75) is 142 Å². The molecule has 0 aliphatic heterocycles. The Kier molecular flexibility index (Phi) is 31.7. The zero-order chi connectivity index (χ0) is 37.8. The lowest BCUT2D eigenvalue weighted by molar-refractivity contribution is -0.889. The van der Waals surface area contributed by atoms with Crippen molar-refractivity contribution in [1.82, 2.24) is 0 Å². The summed E-state index contributed by atoms with van der Waals surface area (Å²) in [6, 6.07) is -0.742. The second-order valence-corrected chi connectivity index (χ2v) is 13.9. The molecule has 0 aliphatic rings. The number of carbonyl (C=O) groups is 3. The van der Waals surface area contributed by atoms with Gasteiger partial charge in [-0.25, -0.2) is 0 Å². The van der Waals surface area contributed by atoms with Gasteiger partial charge in [0.25, 0.3) is 0 Å². The first-order valence-corrected chi connectivity index (χ1v) is 19.5. The Labute approximate surface area is 311 Å². The summed E-state index contributed by atoms with van der Waals surface area (Å²) >= 11 is 0. The van der Waals surface area contributed by atoms with Gasteiger partial charge in [-0.3, -0.25) is 9.59 Å². The quantitative estimate of drug-likeness (QED) is 0.0221.